The molecular formula is C28H38FeP2. The second kappa shape index (κ2) is 12.2. The van der Waals surface area contributed by atoms with Crippen LogP contribution in [0.15, 0.2) is 12.1 Å². The molecule has 1 aromatic rings. The zero-order chi connectivity index (χ0) is 22.6. The zero-order valence-electron chi connectivity index (χ0n) is 20.6. The van der Waals surface area contributed by atoms with Crippen molar-refractivity contribution in [2.75, 3.05) is 0 Å². The quantitative estimate of drug-likeness (QED) is 0.287. The van der Waals surface area contributed by atoms with Gasteiger partial charge in [-0.15, -0.1) is 0 Å². The van der Waals surface area contributed by atoms with Crippen molar-refractivity contribution in [3.05, 3.63) is 92.3 Å². The van der Waals surface area contributed by atoms with Gasteiger partial charge in [-0.25, -0.2) is 0 Å². The second-order valence-corrected chi connectivity index (χ2v) is 13.5. The van der Waals surface area contributed by atoms with Crippen LogP contribution in [-0.4, -0.2) is 0 Å². The molecule has 168 valence electrons. The summed E-state index contributed by atoms with van der Waals surface area (Å²) in [6.45, 7) is 21.0. The van der Waals surface area contributed by atoms with E-state index >= 15 is 0 Å². The van der Waals surface area contributed by atoms with E-state index in [0.717, 1.165) is 0 Å². The third-order valence-corrected chi connectivity index (χ3v) is 7.96. The maximum Gasteiger partial charge on any atom is 0.0374 e. The first-order valence-corrected chi connectivity index (χ1v) is 13.3. The Morgan fingerprint density at radius 1 is 0.516 bits per heavy atom. The first kappa shape index (κ1) is 29.4. The molecule has 3 rings (SSSR count). The maximum atomic E-state index is 2.47. The van der Waals surface area contributed by atoms with Crippen molar-refractivity contribution in [1.29, 1.82) is 0 Å². The van der Waals surface area contributed by atoms with Gasteiger partial charge in [0.2, 0.25) is 0 Å². The van der Waals surface area contributed by atoms with E-state index in [0.29, 0.717) is 0 Å². The summed E-state index contributed by atoms with van der Waals surface area (Å²) in [6.07, 6.45) is 18.7. The summed E-state index contributed by atoms with van der Waals surface area (Å²) in [6, 6.07) is 4.94. The Morgan fingerprint density at radius 2 is 0.903 bits per heavy atom. The van der Waals surface area contributed by atoms with Crippen molar-refractivity contribution in [2.24, 2.45) is 0 Å². The Bertz CT molecular complexity index is 661. The second-order valence-electron chi connectivity index (χ2n) is 11.0. The predicted octanol–water partition coefficient (Wildman–Crippen LogP) is 8.39. The van der Waals surface area contributed by atoms with Gasteiger partial charge in [-0.05, 0) is 98.6 Å². The number of hydrogen-bond donors (Lipinski definition) is 0. The van der Waals surface area contributed by atoms with E-state index in [-0.39, 0.29) is 33.3 Å². The van der Waals surface area contributed by atoms with Crippen LogP contribution in [0.3, 0.4) is 0 Å². The molecule has 31 heavy (non-hydrogen) atoms. The van der Waals surface area contributed by atoms with Crippen molar-refractivity contribution in [2.45, 2.75) is 78.6 Å². The van der Waals surface area contributed by atoms with Gasteiger partial charge < -0.3 is 0 Å². The Morgan fingerprint density at radius 3 is 1.23 bits per heavy atom. The van der Waals surface area contributed by atoms with E-state index in [1.54, 1.807) is 0 Å². The number of hydrogen-bond acceptors (Lipinski definition) is 0. The van der Waals surface area contributed by atoms with Gasteiger partial charge >= 0.3 is 0 Å². The van der Waals surface area contributed by atoms with Gasteiger partial charge in [-0.1, -0.05) is 82.3 Å². The van der Waals surface area contributed by atoms with E-state index in [1.807, 2.05) is 32.1 Å². The average molecular weight is 492 g/mol. The Labute approximate surface area is 208 Å². The standard InChI is InChI=1S/C23H33P2.C5H5.Fe/c1-21(2,3)16-14-18(22(4,5)6)20(19(15-16)23(7,8)9)25-24-17-12-10-11-13-17;1-2-4-5-3-1;/h10-15H,1-9H3;1-5H;. The number of rotatable bonds is 2. The molecule has 1 aromatic carbocycles. The minimum absolute atomic E-state index is 0. The Hall–Kier alpha value is 0.339. The van der Waals surface area contributed by atoms with E-state index in [9.17, 15) is 0 Å². The Kier molecular flexibility index (Phi) is 11.5. The van der Waals surface area contributed by atoms with E-state index in [4.69, 9.17) is 0 Å². The summed E-state index contributed by atoms with van der Waals surface area (Å²) >= 11 is 0. The summed E-state index contributed by atoms with van der Waals surface area (Å²) in [4.78, 5) is 0. The molecule has 0 saturated heterocycles. The van der Waals surface area contributed by atoms with E-state index in [1.165, 1.54) is 43.4 Å². The first-order chi connectivity index (χ1) is 13.8. The normalized spacial score (nSPS) is 18.1. The van der Waals surface area contributed by atoms with Crippen LogP contribution in [0.1, 0.15) is 79.0 Å². The summed E-state index contributed by atoms with van der Waals surface area (Å²) in [7, 11) is 2.76. The fraction of sp³-hybridized carbons (Fsp3) is 0.429. The van der Waals surface area contributed by atoms with Crippen molar-refractivity contribution in [3.63, 3.8) is 0 Å². The largest absolute Gasteiger partial charge is 0.0621 e. The minimum Gasteiger partial charge on any atom is -0.0621 e. The van der Waals surface area contributed by atoms with Crippen LogP contribution in [-0.2, 0) is 33.3 Å². The van der Waals surface area contributed by atoms with E-state index in [2.05, 4.69) is 100 Å². The van der Waals surface area contributed by atoms with Crippen LogP contribution in [0.25, 0.3) is 0 Å². The monoisotopic (exact) mass is 492 g/mol. The molecule has 0 aromatic heterocycles. The fourth-order valence-electron chi connectivity index (χ4n) is 3.18. The fourth-order valence-corrected chi connectivity index (χ4v) is 6.41. The summed E-state index contributed by atoms with van der Waals surface area (Å²) < 4.78 is 0. The molecule has 0 bridgehead atoms. The smallest absolute Gasteiger partial charge is 0.0374 e. The third kappa shape index (κ3) is 9.24. The Balaban J connectivity index is 0.000000701. The molecule has 0 unspecified atom stereocenters. The van der Waals surface area contributed by atoms with Crippen molar-refractivity contribution >= 4 is 21.0 Å². The molecule has 0 heterocycles. The van der Waals surface area contributed by atoms with Crippen LogP contribution in [0.5, 0.6) is 0 Å². The average Bonchev–Trinajstić information content (AvgIpc) is 3.33. The molecule has 0 atom stereocenters. The SMILES string of the molecule is CC(C)(C)c1cc(C(C)(C)C)c(P=P[C]2[CH][CH][CH][CH]2)c(C(C)(C)C)c1.[CH]1[CH][CH][CH][CH]1.[Fe]. The van der Waals surface area contributed by atoms with Crippen LogP contribution in [0.2, 0.25) is 0 Å². The van der Waals surface area contributed by atoms with Crippen molar-refractivity contribution in [1.82, 2.24) is 0 Å². The van der Waals surface area contributed by atoms with Crippen molar-refractivity contribution in [3.8, 4) is 0 Å². The van der Waals surface area contributed by atoms with Gasteiger partial charge in [0, 0.05) is 28.0 Å². The number of benzene rings is 1. The van der Waals surface area contributed by atoms with Crippen LogP contribution < -0.4 is 5.30 Å². The predicted molar refractivity (Wildman–Crippen MR) is 138 cm³/mol. The van der Waals surface area contributed by atoms with Gasteiger partial charge in [0.1, 0.15) is 0 Å². The maximum absolute atomic E-state index is 2.47. The topological polar surface area (TPSA) is 0 Å². The van der Waals surface area contributed by atoms with E-state index < -0.39 is 0 Å². The molecule has 0 nitrogen and oxygen atoms in total. The molecule has 3 heteroatoms. The molecule has 2 saturated carbocycles. The van der Waals surface area contributed by atoms with Gasteiger partial charge in [-0.2, -0.15) is 0 Å². The molecule has 10 radical (unpaired) electrons. The van der Waals surface area contributed by atoms with Crippen LogP contribution >= 0.6 is 15.7 Å². The van der Waals surface area contributed by atoms with Gasteiger partial charge in [0.15, 0.2) is 0 Å². The summed E-state index contributed by atoms with van der Waals surface area (Å²) in [5.41, 5.74) is 6.32. The van der Waals surface area contributed by atoms with Gasteiger partial charge in [-0.3, -0.25) is 0 Å². The molecular weight excluding hydrogens is 454 g/mol. The summed E-state index contributed by atoms with van der Waals surface area (Å²) in [5.74, 6) is 0. The molecule has 0 amide bonds. The molecule has 0 N–H and O–H groups in total. The van der Waals surface area contributed by atoms with Gasteiger partial charge in [0.25, 0.3) is 0 Å². The van der Waals surface area contributed by atoms with Crippen LogP contribution in [0, 0.1) is 63.4 Å². The summed E-state index contributed by atoms with van der Waals surface area (Å²) in [5, 5.41) is 1.52. The third-order valence-electron chi connectivity index (χ3n) is 5.06. The van der Waals surface area contributed by atoms with Crippen LogP contribution in [0.4, 0.5) is 0 Å². The first-order valence-electron chi connectivity index (χ1n) is 10.8. The molecule has 2 fully saturated rings. The molecule has 2 aliphatic carbocycles. The molecule has 0 spiro atoms. The van der Waals surface area contributed by atoms with Crippen molar-refractivity contribution < 1.29 is 17.1 Å². The van der Waals surface area contributed by atoms with Gasteiger partial charge in [0.05, 0.1) is 0 Å². The minimum atomic E-state index is 0. The molecule has 0 aliphatic heterocycles. The molecule has 2 aliphatic rings. The zero-order valence-corrected chi connectivity index (χ0v) is 23.5.